The molecule has 0 spiro atoms. The molecule has 0 aliphatic rings. The summed E-state index contributed by atoms with van der Waals surface area (Å²) in [6, 6.07) is 6.61. The maximum absolute atomic E-state index is 11.6. The van der Waals surface area contributed by atoms with Crippen LogP contribution >= 0.6 is 11.8 Å². The molecule has 6 nitrogen and oxygen atoms in total. The SMILES string of the molecule is CSc1ccccc1NC(=O)NC(=O)CCCC(=O)O. The Hall–Kier alpha value is -2.02. The van der Waals surface area contributed by atoms with Crippen LogP contribution in [0.3, 0.4) is 0 Å². The number of imide groups is 1. The van der Waals surface area contributed by atoms with Gasteiger partial charge in [-0.15, -0.1) is 11.8 Å². The summed E-state index contributed by atoms with van der Waals surface area (Å²) in [5, 5.41) is 13.2. The lowest BCUT2D eigenvalue weighted by Crippen LogP contribution is -2.34. The van der Waals surface area contributed by atoms with Crippen molar-refractivity contribution in [1.82, 2.24) is 5.32 Å². The molecule has 0 aromatic heterocycles. The minimum Gasteiger partial charge on any atom is -0.481 e. The van der Waals surface area contributed by atoms with Gasteiger partial charge in [0.15, 0.2) is 0 Å². The van der Waals surface area contributed by atoms with Gasteiger partial charge in [0.2, 0.25) is 5.91 Å². The van der Waals surface area contributed by atoms with Crippen molar-refractivity contribution in [3.8, 4) is 0 Å². The quantitative estimate of drug-likeness (QED) is 0.700. The molecular weight excluding hydrogens is 280 g/mol. The number of nitrogens with one attached hydrogen (secondary N) is 2. The van der Waals surface area contributed by atoms with Crippen molar-refractivity contribution < 1.29 is 19.5 Å². The summed E-state index contributed by atoms with van der Waals surface area (Å²) < 4.78 is 0. The van der Waals surface area contributed by atoms with Crippen LogP contribution in [0.25, 0.3) is 0 Å². The van der Waals surface area contributed by atoms with Gasteiger partial charge in [0, 0.05) is 17.7 Å². The van der Waals surface area contributed by atoms with Crippen molar-refractivity contribution in [1.29, 1.82) is 0 Å². The number of para-hydroxylation sites is 1. The van der Waals surface area contributed by atoms with E-state index in [1.165, 1.54) is 11.8 Å². The summed E-state index contributed by atoms with van der Waals surface area (Å²) in [6.45, 7) is 0. The standard InChI is InChI=1S/C13H16N2O4S/c1-20-10-6-3-2-5-9(10)14-13(19)15-11(16)7-4-8-12(17)18/h2-3,5-6H,4,7-8H2,1H3,(H,17,18)(H2,14,15,16,19). The Morgan fingerprint density at radius 3 is 2.55 bits per heavy atom. The number of anilines is 1. The van der Waals surface area contributed by atoms with Gasteiger partial charge in [-0.3, -0.25) is 14.9 Å². The van der Waals surface area contributed by atoms with Crippen LogP contribution in [0, 0.1) is 0 Å². The van der Waals surface area contributed by atoms with Crippen LogP contribution in [0.4, 0.5) is 10.5 Å². The first kappa shape index (κ1) is 16.0. The summed E-state index contributed by atoms with van der Waals surface area (Å²) >= 11 is 1.48. The maximum Gasteiger partial charge on any atom is 0.325 e. The minimum absolute atomic E-state index is 0.00386. The van der Waals surface area contributed by atoms with E-state index in [0.29, 0.717) is 5.69 Å². The maximum atomic E-state index is 11.6. The van der Waals surface area contributed by atoms with E-state index in [1.807, 2.05) is 18.4 Å². The topological polar surface area (TPSA) is 95.5 Å². The second-order valence-corrected chi connectivity index (χ2v) is 4.80. The summed E-state index contributed by atoms with van der Waals surface area (Å²) in [5.41, 5.74) is 0.621. The predicted molar refractivity (Wildman–Crippen MR) is 76.9 cm³/mol. The fourth-order valence-corrected chi connectivity index (χ4v) is 2.04. The molecule has 3 amide bonds. The van der Waals surface area contributed by atoms with Crippen LogP contribution in [-0.2, 0) is 9.59 Å². The van der Waals surface area contributed by atoms with Gasteiger partial charge in [-0.05, 0) is 24.8 Å². The largest absolute Gasteiger partial charge is 0.481 e. The highest BCUT2D eigenvalue weighted by atomic mass is 32.2. The number of thioether (sulfide) groups is 1. The number of rotatable bonds is 6. The molecule has 7 heteroatoms. The number of urea groups is 1. The highest BCUT2D eigenvalue weighted by Gasteiger charge is 2.10. The van der Waals surface area contributed by atoms with Gasteiger partial charge in [-0.2, -0.15) is 0 Å². The van der Waals surface area contributed by atoms with Gasteiger partial charge < -0.3 is 10.4 Å². The van der Waals surface area contributed by atoms with Crippen molar-refractivity contribution in [3.05, 3.63) is 24.3 Å². The first-order valence-corrected chi connectivity index (χ1v) is 7.21. The predicted octanol–water partition coefficient (Wildman–Crippen LogP) is 2.31. The number of carboxylic acid groups (broad SMARTS) is 1. The highest BCUT2D eigenvalue weighted by Crippen LogP contribution is 2.24. The fraction of sp³-hybridized carbons (Fsp3) is 0.308. The van der Waals surface area contributed by atoms with Crippen LogP contribution in [-0.4, -0.2) is 29.3 Å². The molecule has 0 fully saturated rings. The average molecular weight is 296 g/mol. The van der Waals surface area contributed by atoms with E-state index in [4.69, 9.17) is 5.11 Å². The lowest BCUT2D eigenvalue weighted by atomic mass is 10.2. The molecule has 0 aliphatic carbocycles. The smallest absolute Gasteiger partial charge is 0.325 e. The van der Waals surface area contributed by atoms with Gasteiger partial charge >= 0.3 is 12.0 Å². The van der Waals surface area contributed by atoms with Gasteiger partial charge in [0.1, 0.15) is 0 Å². The third-order valence-electron chi connectivity index (χ3n) is 2.40. The Labute approximate surface area is 120 Å². The first-order valence-electron chi connectivity index (χ1n) is 5.98. The Kier molecular flexibility index (Phi) is 6.58. The fourth-order valence-electron chi connectivity index (χ4n) is 1.49. The van der Waals surface area contributed by atoms with Gasteiger partial charge in [0.05, 0.1) is 5.69 Å². The zero-order chi connectivity index (χ0) is 15.0. The van der Waals surface area contributed by atoms with Crippen molar-refractivity contribution >= 4 is 35.4 Å². The number of carboxylic acids is 1. The van der Waals surface area contributed by atoms with Crippen LogP contribution in [0.5, 0.6) is 0 Å². The number of hydrogen-bond acceptors (Lipinski definition) is 4. The molecule has 0 atom stereocenters. The first-order chi connectivity index (χ1) is 9.52. The number of hydrogen-bond donors (Lipinski definition) is 3. The van der Waals surface area contributed by atoms with E-state index in [-0.39, 0.29) is 19.3 Å². The van der Waals surface area contributed by atoms with E-state index in [9.17, 15) is 14.4 Å². The van der Waals surface area contributed by atoms with E-state index in [1.54, 1.807) is 12.1 Å². The van der Waals surface area contributed by atoms with Crippen LogP contribution in [0.15, 0.2) is 29.2 Å². The molecule has 0 saturated heterocycles. The molecule has 108 valence electrons. The number of aliphatic carboxylic acids is 1. The van der Waals surface area contributed by atoms with Gasteiger partial charge in [-0.25, -0.2) is 4.79 Å². The molecule has 1 rings (SSSR count). The Balaban J connectivity index is 2.43. The summed E-state index contributed by atoms with van der Waals surface area (Å²) in [6.07, 6.45) is 2.00. The van der Waals surface area contributed by atoms with Crippen LogP contribution in [0.2, 0.25) is 0 Å². The van der Waals surface area contributed by atoms with Crippen molar-refractivity contribution in [2.24, 2.45) is 0 Å². The van der Waals surface area contributed by atoms with Crippen molar-refractivity contribution in [3.63, 3.8) is 0 Å². The minimum atomic E-state index is -0.962. The molecule has 20 heavy (non-hydrogen) atoms. The molecule has 1 aromatic rings. The molecule has 3 N–H and O–H groups in total. The lowest BCUT2D eigenvalue weighted by molar-refractivity contribution is -0.137. The third kappa shape index (κ3) is 5.75. The number of carbonyl (C=O) groups is 3. The normalized spacial score (nSPS) is 9.85. The summed E-state index contributed by atoms with van der Waals surface area (Å²) in [7, 11) is 0. The van der Waals surface area contributed by atoms with Crippen molar-refractivity contribution in [2.75, 3.05) is 11.6 Å². The molecule has 0 saturated carbocycles. The number of amides is 3. The molecule has 0 heterocycles. The highest BCUT2D eigenvalue weighted by molar-refractivity contribution is 7.98. The Bertz CT molecular complexity index is 505. The monoisotopic (exact) mass is 296 g/mol. The van der Waals surface area contributed by atoms with E-state index in [0.717, 1.165) is 4.90 Å². The van der Waals surface area contributed by atoms with E-state index < -0.39 is 17.9 Å². The molecule has 0 unspecified atom stereocenters. The van der Waals surface area contributed by atoms with Gasteiger partial charge in [0.25, 0.3) is 0 Å². The molecule has 0 aliphatic heterocycles. The second-order valence-electron chi connectivity index (χ2n) is 3.95. The van der Waals surface area contributed by atoms with Crippen molar-refractivity contribution in [2.45, 2.75) is 24.2 Å². The molecule has 0 radical (unpaired) electrons. The van der Waals surface area contributed by atoms with E-state index in [2.05, 4.69) is 10.6 Å². The summed E-state index contributed by atoms with van der Waals surface area (Å²) in [4.78, 5) is 34.2. The molecular formula is C13H16N2O4S. The summed E-state index contributed by atoms with van der Waals surface area (Å²) in [5.74, 6) is -1.46. The molecule has 0 bridgehead atoms. The average Bonchev–Trinajstić information content (AvgIpc) is 2.38. The Morgan fingerprint density at radius 2 is 1.90 bits per heavy atom. The molecule has 1 aromatic carbocycles. The zero-order valence-electron chi connectivity index (χ0n) is 11.0. The van der Waals surface area contributed by atoms with E-state index >= 15 is 0 Å². The van der Waals surface area contributed by atoms with Gasteiger partial charge in [-0.1, -0.05) is 12.1 Å². The second kappa shape index (κ2) is 8.21. The zero-order valence-corrected chi connectivity index (χ0v) is 11.8. The Morgan fingerprint density at radius 1 is 1.20 bits per heavy atom. The lowest BCUT2D eigenvalue weighted by Gasteiger charge is -2.09. The van der Waals surface area contributed by atoms with Crippen LogP contribution in [0.1, 0.15) is 19.3 Å². The number of benzene rings is 1. The third-order valence-corrected chi connectivity index (χ3v) is 3.20. The number of carbonyl (C=O) groups excluding carboxylic acids is 2. The van der Waals surface area contributed by atoms with Crippen LogP contribution < -0.4 is 10.6 Å².